The van der Waals surface area contributed by atoms with Gasteiger partial charge in [-0.1, -0.05) is 54.6 Å². The molecular formula is C23H14F17N. The van der Waals surface area contributed by atoms with Gasteiger partial charge >= 0.3 is 47.6 Å². The van der Waals surface area contributed by atoms with Crippen LogP contribution in [-0.4, -0.2) is 60.4 Å². The van der Waals surface area contributed by atoms with Crippen molar-refractivity contribution >= 4 is 6.21 Å². The van der Waals surface area contributed by atoms with Crippen LogP contribution in [-0.2, 0) is 0 Å². The van der Waals surface area contributed by atoms with Crippen LogP contribution in [0.25, 0.3) is 11.1 Å². The summed E-state index contributed by atoms with van der Waals surface area (Å²) in [5.74, 6) is -56.3. The number of nitrogens with zero attached hydrogens (tertiary/aromatic N) is 1. The fourth-order valence-electron chi connectivity index (χ4n) is 3.12. The highest BCUT2D eigenvalue weighted by Crippen LogP contribution is 2.64. The first-order valence-electron chi connectivity index (χ1n) is 10.7. The standard InChI is InChI=1S/C23H14F17N/c24-16(25,10-11-41-12-13-6-8-15(9-7-13)14-4-2-1-3-5-14)17(26,27)18(28,29)19(30,31)20(32,33)21(34,35)22(36,37)23(38,39)40/h1-9,12H,10-11H2. The van der Waals surface area contributed by atoms with Crippen molar-refractivity contribution in [2.75, 3.05) is 6.54 Å². The largest absolute Gasteiger partial charge is 0.460 e. The van der Waals surface area contributed by atoms with E-state index in [1.807, 2.05) is 0 Å². The predicted molar refractivity (Wildman–Crippen MR) is 110 cm³/mol. The molecule has 0 aliphatic heterocycles. The Morgan fingerprint density at radius 2 is 0.854 bits per heavy atom. The Kier molecular flexibility index (Phi) is 8.85. The van der Waals surface area contributed by atoms with Gasteiger partial charge in [-0.2, -0.15) is 74.6 Å². The average Bonchev–Trinajstić information content (AvgIpc) is 2.86. The molecule has 0 heterocycles. The summed E-state index contributed by atoms with van der Waals surface area (Å²) in [7, 11) is 0. The normalized spacial score (nSPS) is 15.0. The Morgan fingerprint density at radius 3 is 1.29 bits per heavy atom. The topological polar surface area (TPSA) is 12.4 Å². The fraction of sp³-hybridized carbons (Fsp3) is 0.435. The highest BCUT2D eigenvalue weighted by molar-refractivity contribution is 5.81. The van der Waals surface area contributed by atoms with Crippen LogP contribution in [0, 0.1) is 0 Å². The molecule has 0 aliphatic carbocycles. The second-order valence-electron chi connectivity index (χ2n) is 8.42. The zero-order chi connectivity index (χ0) is 31.9. The highest BCUT2D eigenvalue weighted by atomic mass is 19.4. The van der Waals surface area contributed by atoms with E-state index in [9.17, 15) is 74.6 Å². The van der Waals surface area contributed by atoms with Crippen LogP contribution >= 0.6 is 0 Å². The lowest BCUT2D eigenvalue weighted by Gasteiger charge is -2.42. The lowest BCUT2D eigenvalue weighted by atomic mass is 9.88. The molecule has 18 heteroatoms. The summed E-state index contributed by atoms with van der Waals surface area (Å²) in [6.45, 7) is -1.58. The van der Waals surface area contributed by atoms with Crippen molar-refractivity contribution in [1.82, 2.24) is 0 Å². The molecule has 1 nitrogen and oxygen atoms in total. The molecule has 2 aromatic carbocycles. The Bertz CT molecular complexity index is 1200. The van der Waals surface area contributed by atoms with Crippen LogP contribution in [0.15, 0.2) is 59.6 Å². The quantitative estimate of drug-likeness (QED) is 0.174. The second kappa shape index (κ2) is 10.6. The van der Waals surface area contributed by atoms with E-state index in [2.05, 4.69) is 4.99 Å². The summed E-state index contributed by atoms with van der Waals surface area (Å²) in [6.07, 6.45) is -9.66. The van der Waals surface area contributed by atoms with Gasteiger partial charge in [-0.05, 0) is 16.7 Å². The van der Waals surface area contributed by atoms with Crippen LogP contribution in [0.3, 0.4) is 0 Å². The van der Waals surface area contributed by atoms with Gasteiger partial charge in [-0.15, -0.1) is 0 Å². The number of halogens is 17. The first-order chi connectivity index (χ1) is 18.3. The Labute approximate surface area is 218 Å². The zero-order valence-electron chi connectivity index (χ0n) is 19.6. The van der Waals surface area contributed by atoms with E-state index >= 15 is 0 Å². The van der Waals surface area contributed by atoms with Crippen molar-refractivity contribution in [1.29, 1.82) is 0 Å². The van der Waals surface area contributed by atoms with Gasteiger partial charge in [0.15, 0.2) is 0 Å². The molecule has 0 aromatic heterocycles. The van der Waals surface area contributed by atoms with Gasteiger partial charge in [0.25, 0.3) is 0 Å². The summed E-state index contributed by atoms with van der Waals surface area (Å²) in [4.78, 5) is 3.17. The van der Waals surface area contributed by atoms with E-state index < -0.39 is 60.6 Å². The van der Waals surface area contributed by atoms with E-state index in [-0.39, 0.29) is 5.56 Å². The van der Waals surface area contributed by atoms with Crippen molar-refractivity contribution in [3.63, 3.8) is 0 Å². The molecule has 0 N–H and O–H groups in total. The van der Waals surface area contributed by atoms with Crippen molar-refractivity contribution < 1.29 is 74.6 Å². The van der Waals surface area contributed by atoms with Crippen molar-refractivity contribution in [2.24, 2.45) is 4.99 Å². The van der Waals surface area contributed by atoms with E-state index in [0.717, 1.165) is 11.8 Å². The molecule has 41 heavy (non-hydrogen) atoms. The SMILES string of the molecule is FC(F)(F)C(F)(F)C(F)(F)C(F)(F)C(F)(F)C(F)(F)C(F)(F)C(F)(F)CCN=Cc1ccc(-c2ccccc2)cc1. The summed E-state index contributed by atoms with van der Waals surface area (Å²) in [5.41, 5.74) is 1.50. The molecule has 0 unspecified atom stereocenters. The maximum atomic E-state index is 13.9. The molecule has 2 rings (SSSR count). The molecule has 0 bridgehead atoms. The van der Waals surface area contributed by atoms with Crippen LogP contribution < -0.4 is 0 Å². The molecule has 230 valence electrons. The Balaban J connectivity index is 2.26. The third-order valence-corrected chi connectivity index (χ3v) is 5.60. The van der Waals surface area contributed by atoms with Gasteiger partial charge in [0.05, 0.1) is 0 Å². The molecule has 0 saturated carbocycles. The van der Waals surface area contributed by atoms with Gasteiger partial charge in [-0.25, -0.2) is 0 Å². The smallest absolute Gasteiger partial charge is 0.292 e. The first-order valence-corrected chi connectivity index (χ1v) is 10.7. The molecule has 0 atom stereocenters. The molecular weight excluding hydrogens is 613 g/mol. The minimum absolute atomic E-state index is 0.115. The Hall–Kier alpha value is -3.08. The number of hydrogen-bond acceptors (Lipinski definition) is 1. The van der Waals surface area contributed by atoms with Crippen molar-refractivity contribution in [3.05, 3.63) is 60.2 Å². The second-order valence-corrected chi connectivity index (χ2v) is 8.42. The molecule has 0 aliphatic rings. The lowest BCUT2D eigenvalue weighted by molar-refractivity contribution is -0.461. The number of alkyl halides is 17. The van der Waals surface area contributed by atoms with E-state index in [1.165, 1.54) is 24.3 Å². The monoisotopic (exact) mass is 627 g/mol. The fourth-order valence-corrected chi connectivity index (χ4v) is 3.12. The van der Waals surface area contributed by atoms with Crippen LogP contribution in [0.2, 0.25) is 0 Å². The molecule has 0 spiro atoms. The molecule has 0 fully saturated rings. The van der Waals surface area contributed by atoms with Gasteiger partial charge < -0.3 is 0 Å². The minimum Gasteiger partial charge on any atom is -0.292 e. The summed E-state index contributed by atoms with van der Waals surface area (Å²) >= 11 is 0. The van der Waals surface area contributed by atoms with E-state index in [0.29, 0.717) is 5.56 Å². The summed E-state index contributed by atoms with van der Waals surface area (Å²) < 4.78 is 226. The maximum absolute atomic E-state index is 13.9. The highest BCUT2D eigenvalue weighted by Gasteiger charge is 2.95. The first kappa shape index (κ1) is 34.1. The zero-order valence-corrected chi connectivity index (χ0v) is 19.6. The average molecular weight is 627 g/mol. The van der Waals surface area contributed by atoms with Crippen LogP contribution in [0.4, 0.5) is 74.6 Å². The lowest BCUT2D eigenvalue weighted by Crippen LogP contribution is -2.74. The van der Waals surface area contributed by atoms with Gasteiger partial charge in [0.2, 0.25) is 0 Å². The molecule has 0 amide bonds. The van der Waals surface area contributed by atoms with Gasteiger partial charge in [0, 0.05) is 19.2 Å². The molecule has 0 radical (unpaired) electrons. The predicted octanol–water partition coefficient (Wildman–Crippen LogP) is 9.17. The number of aliphatic imine (C=N–C) groups is 1. The van der Waals surface area contributed by atoms with E-state index in [4.69, 9.17) is 0 Å². The van der Waals surface area contributed by atoms with Crippen LogP contribution in [0.5, 0.6) is 0 Å². The maximum Gasteiger partial charge on any atom is 0.460 e. The molecule has 0 saturated heterocycles. The van der Waals surface area contributed by atoms with Gasteiger partial charge in [-0.3, -0.25) is 4.99 Å². The number of hydrogen-bond donors (Lipinski definition) is 0. The van der Waals surface area contributed by atoms with E-state index in [1.54, 1.807) is 30.3 Å². The third kappa shape index (κ3) is 5.57. The minimum atomic E-state index is -8.63. The van der Waals surface area contributed by atoms with Gasteiger partial charge in [0.1, 0.15) is 0 Å². The summed E-state index contributed by atoms with van der Waals surface area (Å²) in [6, 6.07) is 14.2. The Morgan fingerprint density at radius 1 is 0.463 bits per heavy atom. The van der Waals surface area contributed by atoms with Crippen molar-refractivity contribution in [2.45, 2.75) is 54.1 Å². The third-order valence-electron chi connectivity index (χ3n) is 5.60. The number of rotatable bonds is 11. The van der Waals surface area contributed by atoms with Crippen LogP contribution in [0.1, 0.15) is 12.0 Å². The summed E-state index contributed by atoms with van der Waals surface area (Å²) in [5, 5.41) is 0. The van der Waals surface area contributed by atoms with Crippen molar-refractivity contribution in [3.8, 4) is 11.1 Å². The number of benzene rings is 2. The molecule has 2 aromatic rings.